The van der Waals surface area contributed by atoms with Gasteiger partial charge < -0.3 is 19.5 Å². The number of anilines is 2. The molecule has 0 aliphatic carbocycles. The molecule has 0 amide bonds. The van der Waals surface area contributed by atoms with Gasteiger partial charge in [-0.2, -0.15) is 9.97 Å². The van der Waals surface area contributed by atoms with Gasteiger partial charge >= 0.3 is 0 Å². The fourth-order valence-electron chi connectivity index (χ4n) is 4.42. The highest BCUT2D eigenvalue weighted by Gasteiger charge is 2.20. The second-order valence-electron chi connectivity index (χ2n) is 8.80. The van der Waals surface area contributed by atoms with Crippen LogP contribution < -0.4 is 15.0 Å². The number of hydrogen-bond donors (Lipinski definition) is 1. The second kappa shape index (κ2) is 9.65. The number of rotatable bonds is 8. The lowest BCUT2D eigenvalue weighted by atomic mass is 10.2. The van der Waals surface area contributed by atoms with E-state index in [0.717, 1.165) is 66.0 Å². The maximum atomic E-state index is 5.24. The Bertz CT molecular complexity index is 1450. The van der Waals surface area contributed by atoms with Crippen molar-refractivity contribution < 1.29 is 4.74 Å². The van der Waals surface area contributed by atoms with E-state index in [1.54, 1.807) is 18.1 Å². The maximum Gasteiger partial charge on any atom is 0.229 e. The average Bonchev–Trinajstić information content (AvgIpc) is 3.70. The lowest BCUT2D eigenvalue weighted by Gasteiger charge is -2.17. The van der Waals surface area contributed by atoms with Crippen molar-refractivity contribution in [1.29, 1.82) is 0 Å². The molecule has 36 heavy (non-hydrogen) atoms. The lowest BCUT2D eigenvalue weighted by Crippen LogP contribution is -2.21. The lowest BCUT2D eigenvalue weighted by molar-refractivity contribution is 0.414. The minimum atomic E-state index is 0.501. The Kier molecular flexibility index (Phi) is 5.90. The smallest absolute Gasteiger partial charge is 0.229 e. The summed E-state index contributed by atoms with van der Waals surface area (Å²) in [4.78, 5) is 16.7. The van der Waals surface area contributed by atoms with Crippen molar-refractivity contribution in [1.82, 2.24) is 34.5 Å². The number of aromatic nitrogens is 7. The normalized spacial score (nSPS) is 13.4. The van der Waals surface area contributed by atoms with Gasteiger partial charge in [-0.15, -0.1) is 5.10 Å². The largest absolute Gasteiger partial charge is 0.497 e. The van der Waals surface area contributed by atoms with Crippen molar-refractivity contribution in [3.05, 3.63) is 78.4 Å². The first-order valence-electron chi connectivity index (χ1n) is 12.1. The summed E-state index contributed by atoms with van der Waals surface area (Å²) in [5, 5.41) is 12.2. The van der Waals surface area contributed by atoms with Gasteiger partial charge in [-0.1, -0.05) is 35.5 Å². The van der Waals surface area contributed by atoms with Crippen LogP contribution in [-0.4, -0.2) is 54.7 Å². The van der Waals surface area contributed by atoms with Crippen molar-refractivity contribution in [2.24, 2.45) is 0 Å². The highest BCUT2D eigenvalue weighted by molar-refractivity contribution is 5.84. The molecular weight excluding hydrogens is 454 g/mol. The Morgan fingerprint density at radius 2 is 1.78 bits per heavy atom. The summed E-state index contributed by atoms with van der Waals surface area (Å²) >= 11 is 0. The minimum absolute atomic E-state index is 0.501. The van der Waals surface area contributed by atoms with E-state index in [1.165, 1.54) is 5.56 Å². The van der Waals surface area contributed by atoms with Gasteiger partial charge in [0.25, 0.3) is 0 Å². The zero-order chi connectivity index (χ0) is 24.3. The molecule has 0 radical (unpaired) electrons. The molecule has 5 aromatic rings. The topological polar surface area (TPSA) is 98.8 Å². The molecule has 3 aromatic heterocycles. The van der Waals surface area contributed by atoms with Crippen molar-refractivity contribution in [2.45, 2.75) is 25.9 Å². The van der Waals surface area contributed by atoms with E-state index in [4.69, 9.17) is 14.7 Å². The molecule has 1 fully saturated rings. The van der Waals surface area contributed by atoms with E-state index in [1.807, 2.05) is 53.2 Å². The molecule has 1 aliphatic rings. The van der Waals surface area contributed by atoms with Crippen LogP contribution in [0, 0.1) is 0 Å². The summed E-state index contributed by atoms with van der Waals surface area (Å²) in [7, 11) is 1.65. The van der Waals surface area contributed by atoms with Crippen LogP contribution in [0.1, 0.15) is 24.1 Å². The van der Waals surface area contributed by atoms with Crippen molar-refractivity contribution in [3.63, 3.8) is 0 Å². The number of hydrogen-bond acceptors (Lipinski definition) is 8. The van der Waals surface area contributed by atoms with E-state index >= 15 is 0 Å². The molecule has 0 bridgehead atoms. The maximum absolute atomic E-state index is 5.24. The zero-order valence-corrected chi connectivity index (χ0v) is 20.1. The van der Waals surface area contributed by atoms with Gasteiger partial charge in [-0.05, 0) is 42.7 Å². The average molecular weight is 482 g/mol. The van der Waals surface area contributed by atoms with Gasteiger partial charge in [0, 0.05) is 19.6 Å². The van der Waals surface area contributed by atoms with Crippen LogP contribution in [0.2, 0.25) is 0 Å². The second-order valence-corrected chi connectivity index (χ2v) is 8.80. The number of ether oxygens (including phenoxy) is 1. The van der Waals surface area contributed by atoms with E-state index in [0.29, 0.717) is 13.1 Å². The molecule has 1 N–H and O–H groups in total. The molecule has 4 heterocycles. The molecule has 6 rings (SSSR count). The van der Waals surface area contributed by atoms with Crippen LogP contribution in [0.3, 0.4) is 0 Å². The Hall–Kier alpha value is -4.47. The molecule has 0 unspecified atom stereocenters. The monoisotopic (exact) mass is 481 g/mol. The quantitative estimate of drug-likeness (QED) is 0.358. The fraction of sp³-hybridized carbons (Fsp3) is 0.269. The molecule has 2 aromatic carbocycles. The van der Waals surface area contributed by atoms with Crippen LogP contribution in [0.15, 0.2) is 67.1 Å². The summed E-state index contributed by atoms with van der Waals surface area (Å²) in [5.41, 5.74) is 4.43. The molecular formula is C26H27N9O. The first-order valence-corrected chi connectivity index (χ1v) is 12.1. The standard InChI is InChI=1S/C26H27N9O/c1-36-22-11-9-21(10-12-22)35-17-20(31-32-35)16-34-18-28-23-24(27-15-19-7-3-2-4-8-19)29-26(30-25(23)34)33-13-5-6-14-33/h2-4,7-12,17-18H,5-6,13-16H2,1H3,(H,27,29,30). The molecule has 0 atom stereocenters. The molecule has 0 spiro atoms. The predicted octanol–water partition coefficient (Wildman–Crippen LogP) is 3.68. The SMILES string of the molecule is COc1ccc(-n2cc(Cn3cnc4c(NCc5ccccc5)nc(N5CCCC5)nc43)nn2)cc1. The first kappa shape index (κ1) is 22.0. The summed E-state index contributed by atoms with van der Waals surface area (Å²) < 4.78 is 9.01. The number of methoxy groups -OCH3 is 1. The van der Waals surface area contributed by atoms with Gasteiger partial charge in [-0.3, -0.25) is 0 Å². The van der Waals surface area contributed by atoms with Gasteiger partial charge in [0.15, 0.2) is 17.0 Å². The third-order valence-electron chi connectivity index (χ3n) is 6.35. The van der Waals surface area contributed by atoms with Crippen LogP contribution in [0.25, 0.3) is 16.9 Å². The van der Waals surface area contributed by atoms with E-state index < -0.39 is 0 Å². The number of benzene rings is 2. The van der Waals surface area contributed by atoms with Gasteiger partial charge in [0.05, 0.1) is 31.9 Å². The van der Waals surface area contributed by atoms with Crippen molar-refractivity contribution >= 4 is 22.9 Å². The molecule has 10 nitrogen and oxygen atoms in total. The highest BCUT2D eigenvalue weighted by Crippen LogP contribution is 2.26. The summed E-state index contributed by atoms with van der Waals surface area (Å²) in [5.74, 6) is 2.28. The zero-order valence-electron chi connectivity index (χ0n) is 20.1. The van der Waals surface area contributed by atoms with E-state index in [2.05, 4.69) is 37.6 Å². The molecule has 1 saturated heterocycles. The Morgan fingerprint density at radius 3 is 2.56 bits per heavy atom. The summed E-state index contributed by atoms with van der Waals surface area (Å²) in [6.07, 6.45) is 6.03. The molecule has 0 saturated carbocycles. The van der Waals surface area contributed by atoms with Crippen LogP contribution in [0.5, 0.6) is 5.75 Å². The third kappa shape index (κ3) is 4.45. The van der Waals surface area contributed by atoms with Gasteiger partial charge in [-0.25, -0.2) is 9.67 Å². The number of fused-ring (bicyclic) bond motifs is 1. The highest BCUT2D eigenvalue weighted by atomic mass is 16.5. The number of nitrogens with zero attached hydrogens (tertiary/aromatic N) is 8. The Balaban J connectivity index is 1.30. The van der Waals surface area contributed by atoms with Crippen molar-refractivity contribution in [2.75, 3.05) is 30.4 Å². The van der Waals surface area contributed by atoms with E-state index in [9.17, 15) is 0 Å². The van der Waals surface area contributed by atoms with Crippen LogP contribution in [0.4, 0.5) is 11.8 Å². The molecule has 182 valence electrons. The van der Waals surface area contributed by atoms with Crippen LogP contribution in [-0.2, 0) is 13.1 Å². The Labute approximate surface area is 208 Å². The molecule has 10 heteroatoms. The number of imidazole rings is 1. The first-order chi connectivity index (χ1) is 17.8. The minimum Gasteiger partial charge on any atom is -0.497 e. The predicted molar refractivity (Wildman–Crippen MR) is 138 cm³/mol. The summed E-state index contributed by atoms with van der Waals surface area (Å²) in [6.45, 7) is 3.10. The van der Waals surface area contributed by atoms with E-state index in [-0.39, 0.29) is 0 Å². The van der Waals surface area contributed by atoms with Crippen molar-refractivity contribution in [3.8, 4) is 11.4 Å². The Morgan fingerprint density at radius 1 is 0.972 bits per heavy atom. The van der Waals surface area contributed by atoms with Gasteiger partial charge in [0.2, 0.25) is 5.95 Å². The fourth-order valence-corrected chi connectivity index (χ4v) is 4.42. The van der Waals surface area contributed by atoms with Gasteiger partial charge in [0.1, 0.15) is 11.4 Å². The molecule has 1 aliphatic heterocycles. The van der Waals surface area contributed by atoms with Crippen LogP contribution >= 0.6 is 0 Å². The third-order valence-corrected chi connectivity index (χ3v) is 6.35. The number of nitrogens with one attached hydrogen (secondary N) is 1. The summed E-state index contributed by atoms with van der Waals surface area (Å²) in [6, 6.07) is 18.0.